The minimum absolute atomic E-state index is 0.846. The molecule has 0 saturated carbocycles. The number of rotatable bonds is 8. The molecule has 0 amide bonds. The van der Waals surface area contributed by atoms with E-state index in [1.165, 1.54) is 0 Å². The van der Waals surface area contributed by atoms with Crippen LogP contribution in [0.3, 0.4) is 0 Å². The van der Waals surface area contributed by atoms with Gasteiger partial charge >= 0.3 is 0 Å². The van der Waals surface area contributed by atoms with Gasteiger partial charge in [0.25, 0.3) is 0 Å². The maximum Gasteiger partial charge on any atom is 0.116 e. The summed E-state index contributed by atoms with van der Waals surface area (Å²) in [6.45, 7) is 16.7. The number of likely N-dealkylation sites (N-methyl/N-ethyl adjacent to an activating group) is 1. The molecular weight excluding hydrogens is 472 g/mol. The first-order valence-corrected chi connectivity index (χ1v) is 13.2. The van der Waals surface area contributed by atoms with Crippen molar-refractivity contribution in [3.63, 3.8) is 0 Å². The van der Waals surface area contributed by atoms with Crippen LogP contribution in [0.5, 0.6) is 0 Å². The van der Waals surface area contributed by atoms with E-state index in [2.05, 4.69) is 85.6 Å². The monoisotopic (exact) mass is 508 g/mol. The van der Waals surface area contributed by atoms with Crippen LogP contribution < -0.4 is 20.8 Å². The molecule has 0 aromatic carbocycles. The third-order valence-electron chi connectivity index (χ3n) is 7.05. The van der Waals surface area contributed by atoms with Crippen LogP contribution in [0.15, 0.2) is 55.8 Å². The average Bonchev–Trinajstić information content (AvgIpc) is 3.53. The van der Waals surface area contributed by atoms with E-state index in [0.29, 0.717) is 0 Å². The Morgan fingerprint density at radius 3 is 2.63 bits per heavy atom. The number of H-pyrrole nitrogens is 2. The Bertz CT molecular complexity index is 1580. The smallest absolute Gasteiger partial charge is 0.116 e. The number of hydrogen-bond acceptors (Lipinski definition) is 6. The maximum absolute atomic E-state index is 4.69. The summed E-state index contributed by atoms with van der Waals surface area (Å²) in [5.41, 5.74) is 7.62. The molecule has 196 valence electrons. The first kappa shape index (κ1) is 25.5. The lowest BCUT2D eigenvalue weighted by Gasteiger charge is -2.34. The summed E-state index contributed by atoms with van der Waals surface area (Å²) in [7, 11) is 2.17. The molecule has 4 aromatic rings. The zero-order valence-corrected chi connectivity index (χ0v) is 22.5. The molecule has 5 heterocycles. The summed E-state index contributed by atoms with van der Waals surface area (Å²) in [6.07, 6.45) is 13.6. The summed E-state index contributed by atoms with van der Waals surface area (Å²) in [6, 6.07) is 4.24. The summed E-state index contributed by atoms with van der Waals surface area (Å²) in [5.74, 6) is 0. The molecule has 5 rings (SSSR count). The Hall–Kier alpha value is -4.17. The van der Waals surface area contributed by atoms with Gasteiger partial charge < -0.3 is 20.1 Å². The highest BCUT2D eigenvalue weighted by Crippen LogP contribution is 2.30. The van der Waals surface area contributed by atoms with Crippen molar-refractivity contribution in [3.8, 4) is 11.4 Å². The predicted octanol–water partition coefficient (Wildman–Crippen LogP) is 4.12. The van der Waals surface area contributed by atoms with Crippen LogP contribution in [-0.4, -0.2) is 63.3 Å². The lowest BCUT2D eigenvalue weighted by atomic mass is 10.1. The molecule has 3 N–H and O–H groups in total. The Labute approximate surface area is 223 Å². The number of aromatic amines is 2. The molecule has 0 radical (unpaired) electrons. The summed E-state index contributed by atoms with van der Waals surface area (Å²) in [5, 5.41) is 14.3. The van der Waals surface area contributed by atoms with Gasteiger partial charge in [0.2, 0.25) is 0 Å². The molecule has 0 aliphatic carbocycles. The van der Waals surface area contributed by atoms with Crippen molar-refractivity contribution in [2.75, 3.05) is 43.4 Å². The maximum atomic E-state index is 4.69. The summed E-state index contributed by atoms with van der Waals surface area (Å²) in [4.78, 5) is 17.3. The van der Waals surface area contributed by atoms with Crippen LogP contribution in [0, 0.1) is 0 Å². The first-order chi connectivity index (χ1) is 18.5. The number of pyridine rings is 2. The van der Waals surface area contributed by atoms with Crippen molar-refractivity contribution < 1.29 is 0 Å². The fraction of sp³-hybridized carbons (Fsp3) is 0.300. The molecule has 0 bridgehead atoms. The zero-order valence-electron chi connectivity index (χ0n) is 22.5. The van der Waals surface area contributed by atoms with E-state index in [1.807, 2.05) is 37.8 Å². The minimum Gasteiger partial charge on any atom is -0.367 e. The highest BCUT2D eigenvalue weighted by molar-refractivity contribution is 5.96. The van der Waals surface area contributed by atoms with E-state index < -0.39 is 0 Å². The van der Waals surface area contributed by atoms with Crippen molar-refractivity contribution in [2.45, 2.75) is 26.7 Å². The zero-order chi connectivity index (χ0) is 26.6. The average molecular weight is 509 g/mol. The van der Waals surface area contributed by atoms with Gasteiger partial charge in [-0.15, -0.1) is 0 Å². The number of nitrogens with one attached hydrogen (secondary N) is 3. The molecule has 4 aromatic heterocycles. The van der Waals surface area contributed by atoms with Crippen LogP contribution in [0.2, 0.25) is 0 Å². The molecule has 1 saturated heterocycles. The molecule has 1 aliphatic heterocycles. The van der Waals surface area contributed by atoms with Crippen molar-refractivity contribution in [2.24, 2.45) is 0 Å². The molecule has 0 atom stereocenters. The lowest BCUT2D eigenvalue weighted by molar-refractivity contribution is 0.313. The van der Waals surface area contributed by atoms with Crippen molar-refractivity contribution >= 4 is 40.0 Å². The largest absolute Gasteiger partial charge is 0.367 e. The fourth-order valence-electron chi connectivity index (χ4n) is 4.91. The fourth-order valence-corrected chi connectivity index (χ4v) is 4.91. The number of nitrogens with zero attached hydrogens (tertiary/aromatic N) is 5. The number of fused-ring (bicyclic) bond motifs is 1. The Morgan fingerprint density at radius 2 is 1.87 bits per heavy atom. The van der Waals surface area contributed by atoms with Crippen LogP contribution >= 0.6 is 0 Å². The molecule has 1 aliphatic rings. The molecule has 8 nitrogen and oxygen atoms in total. The Balaban J connectivity index is 1.51. The lowest BCUT2D eigenvalue weighted by Crippen LogP contribution is -2.44. The first-order valence-electron chi connectivity index (χ1n) is 13.2. The Kier molecular flexibility index (Phi) is 7.42. The number of anilines is 2. The molecule has 8 heteroatoms. The van der Waals surface area contributed by atoms with Gasteiger partial charge in [-0.25, -0.2) is 0 Å². The highest BCUT2D eigenvalue weighted by atomic mass is 15.3. The van der Waals surface area contributed by atoms with E-state index >= 15 is 0 Å². The van der Waals surface area contributed by atoms with Gasteiger partial charge in [-0.2, -0.15) is 5.10 Å². The predicted molar refractivity (Wildman–Crippen MR) is 158 cm³/mol. The van der Waals surface area contributed by atoms with Gasteiger partial charge in [0, 0.05) is 54.2 Å². The van der Waals surface area contributed by atoms with Crippen molar-refractivity contribution in [3.05, 3.63) is 71.9 Å². The van der Waals surface area contributed by atoms with Crippen LogP contribution in [0.4, 0.5) is 11.4 Å². The van der Waals surface area contributed by atoms with Crippen LogP contribution in [-0.2, 0) is 0 Å². The Morgan fingerprint density at radius 1 is 1.08 bits per heavy atom. The molecule has 0 spiro atoms. The summed E-state index contributed by atoms with van der Waals surface area (Å²) < 4.78 is 0. The second-order valence-corrected chi connectivity index (χ2v) is 9.89. The van der Waals surface area contributed by atoms with E-state index in [1.54, 1.807) is 0 Å². The van der Waals surface area contributed by atoms with Gasteiger partial charge in [-0.1, -0.05) is 32.6 Å². The molecule has 1 fully saturated rings. The van der Waals surface area contributed by atoms with Crippen LogP contribution in [0.25, 0.3) is 40.0 Å². The van der Waals surface area contributed by atoms with E-state index in [0.717, 1.165) is 100 Å². The SMILES string of the molecule is C=C(CCC)Nc1cncc(C(=C)/C=c2/c(-c3cc4c(N5CCN(C)CC5)cncc4[nH]3)n[nH]/c2=C/C)c1. The summed E-state index contributed by atoms with van der Waals surface area (Å²) >= 11 is 0. The third kappa shape index (κ3) is 5.26. The second kappa shape index (κ2) is 11.1. The number of allylic oxidation sites excluding steroid dienone is 2. The van der Waals surface area contributed by atoms with Gasteiger partial charge in [0.15, 0.2) is 0 Å². The van der Waals surface area contributed by atoms with Gasteiger partial charge in [-0.3, -0.25) is 15.1 Å². The van der Waals surface area contributed by atoms with Crippen molar-refractivity contribution in [1.82, 2.24) is 30.0 Å². The van der Waals surface area contributed by atoms with Crippen molar-refractivity contribution in [1.29, 1.82) is 0 Å². The number of aromatic nitrogens is 5. The number of hydrogen-bond donors (Lipinski definition) is 3. The van der Waals surface area contributed by atoms with Gasteiger partial charge in [0.1, 0.15) is 5.69 Å². The topological polar surface area (TPSA) is 88.8 Å². The van der Waals surface area contributed by atoms with E-state index in [9.17, 15) is 0 Å². The standard InChI is InChI=1S/C30H36N8/c1-6-8-21(4)33-23-14-22(16-31-17-23)20(3)13-25-26(7-2)35-36-30(25)27-15-24-28(34-27)18-32-19-29(24)38-11-9-37(5)10-12-38/h7,13-19,33-35H,3-4,6,8-12H2,1-2,5H3/b25-13+,26-7+. The molecular formula is C30H36N8. The normalized spacial score (nSPS) is 15.4. The molecule has 0 unspecified atom stereocenters. The number of piperazine rings is 1. The minimum atomic E-state index is 0.846. The third-order valence-corrected chi connectivity index (χ3v) is 7.05. The van der Waals surface area contributed by atoms with E-state index in [4.69, 9.17) is 0 Å². The van der Waals surface area contributed by atoms with Crippen LogP contribution in [0.1, 0.15) is 32.3 Å². The van der Waals surface area contributed by atoms with E-state index in [-0.39, 0.29) is 0 Å². The van der Waals surface area contributed by atoms with Gasteiger partial charge in [0.05, 0.1) is 46.5 Å². The highest BCUT2D eigenvalue weighted by Gasteiger charge is 2.19. The van der Waals surface area contributed by atoms with Gasteiger partial charge in [-0.05, 0) is 44.2 Å². The second-order valence-electron chi connectivity index (χ2n) is 9.89. The molecule has 38 heavy (non-hydrogen) atoms. The quantitative estimate of drug-likeness (QED) is 0.332.